The molecule has 0 bridgehead atoms. The van der Waals surface area contributed by atoms with Crippen LogP contribution in [0.4, 0.5) is 0 Å². The first-order valence-electron chi connectivity index (χ1n) is 7.86. The molecular formula is C19H28. The summed E-state index contributed by atoms with van der Waals surface area (Å²) in [4.78, 5) is 0. The molecule has 0 saturated heterocycles. The van der Waals surface area contributed by atoms with Gasteiger partial charge in [-0.25, -0.2) is 0 Å². The number of rotatable bonds is 9. The van der Waals surface area contributed by atoms with Crippen molar-refractivity contribution in [3.05, 3.63) is 35.4 Å². The van der Waals surface area contributed by atoms with Gasteiger partial charge in [0.1, 0.15) is 0 Å². The Morgan fingerprint density at radius 2 is 1.63 bits per heavy atom. The van der Waals surface area contributed by atoms with Gasteiger partial charge in [0.2, 0.25) is 0 Å². The Bertz CT molecular complexity index is 366. The Labute approximate surface area is 119 Å². The van der Waals surface area contributed by atoms with E-state index in [1.807, 2.05) is 0 Å². The monoisotopic (exact) mass is 256 g/mol. The van der Waals surface area contributed by atoms with Gasteiger partial charge in [-0.1, -0.05) is 76.1 Å². The summed E-state index contributed by atoms with van der Waals surface area (Å²) in [6.07, 6.45) is 15.7. The van der Waals surface area contributed by atoms with E-state index in [0.717, 1.165) is 6.42 Å². The summed E-state index contributed by atoms with van der Waals surface area (Å²) in [7, 11) is 0. The molecule has 1 aromatic rings. The zero-order valence-electron chi connectivity index (χ0n) is 12.6. The normalized spacial score (nSPS) is 12.1. The second kappa shape index (κ2) is 9.68. The predicted octanol–water partition coefficient (Wildman–Crippen LogP) is 5.72. The quantitative estimate of drug-likeness (QED) is 0.392. The van der Waals surface area contributed by atoms with E-state index < -0.39 is 0 Å². The Morgan fingerprint density at radius 3 is 2.21 bits per heavy atom. The highest BCUT2D eigenvalue weighted by Crippen LogP contribution is 2.22. The van der Waals surface area contributed by atoms with Crippen molar-refractivity contribution >= 4 is 0 Å². The molecule has 1 rings (SSSR count). The van der Waals surface area contributed by atoms with Gasteiger partial charge in [0.15, 0.2) is 0 Å². The van der Waals surface area contributed by atoms with Gasteiger partial charge in [0.25, 0.3) is 0 Å². The molecule has 0 nitrogen and oxygen atoms in total. The average molecular weight is 256 g/mol. The fourth-order valence-electron chi connectivity index (χ4n) is 2.43. The molecule has 104 valence electrons. The Hall–Kier alpha value is -1.22. The van der Waals surface area contributed by atoms with Crippen molar-refractivity contribution in [1.29, 1.82) is 0 Å². The second-order valence-electron chi connectivity index (χ2n) is 5.41. The molecule has 0 aliphatic heterocycles. The van der Waals surface area contributed by atoms with Crippen molar-refractivity contribution in [2.24, 2.45) is 0 Å². The number of unbranched alkanes of at least 4 members (excludes halogenated alkanes) is 4. The van der Waals surface area contributed by atoms with Gasteiger partial charge < -0.3 is 0 Å². The van der Waals surface area contributed by atoms with E-state index in [1.54, 1.807) is 0 Å². The van der Waals surface area contributed by atoms with Crippen LogP contribution in [-0.4, -0.2) is 0 Å². The molecule has 0 aliphatic rings. The summed E-state index contributed by atoms with van der Waals surface area (Å²) in [5.74, 6) is 3.23. The summed E-state index contributed by atoms with van der Waals surface area (Å²) in [5.41, 5.74) is 2.76. The average Bonchev–Trinajstić information content (AvgIpc) is 2.46. The van der Waals surface area contributed by atoms with E-state index in [0.29, 0.717) is 5.92 Å². The lowest BCUT2D eigenvalue weighted by Gasteiger charge is -2.11. The third kappa shape index (κ3) is 5.97. The fourth-order valence-corrected chi connectivity index (χ4v) is 2.43. The zero-order valence-corrected chi connectivity index (χ0v) is 12.6. The fraction of sp³-hybridized carbons (Fsp3) is 0.579. The lowest BCUT2D eigenvalue weighted by Crippen LogP contribution is -1.96. The number of benzene rings is 1. The van der Waals surface area contributed by atoms with Crippen molar-refractivity contribution in [3.8, 4) is 12.3 Å². The lowest BCUT2D eigenvalue weighted by molar-refractivity contribution is 0.665. The second-order valence-corrected chi connectivity index (χ2v) is 5.41. The standard InChI is InChI=1S/C19H28/c1-4-7-9-10-11-17-13-15-19(16-14-17)18(6-3)12-8-5-2/h3,13-16,18H,4-5,7-12H2,1-2H3. The van der Waals surface area contributed by atoms with Crippen molar-refractivity contribution < 1.29 is 0 Å². The number of hydrogen-bond donors (Lipinski definition) is 0. The van der Waals surface area contributed by atoms with Gasteiger partial charge in [-0.3, -0.25) is 0 Å². The van der Waals surface area contributed by atoms with Gasteiger partial charge in [-0.05, 0) is 30.4 Å². The van der Waals surface area contributed by atoms with E-state index in [-0.39, 0.29) is 0 Å². The molecule has 0 amide bonds. The van der Waals surface area contributed by atoms with Crippen LogP contribution in [0.2, 0.25) is 0 Å². The SMILES string of the molecule is C#CC(CCCC)c1ccc(CCCCCC)cc1. The summed E-state index contributed by atoms with van der Waals surface area (Å²) in [6.45, 7) is 4.47. The molecule has 0 fully saturated rings. The number of hydrogen-bond acceptors (Lipinski definition) is 0. The summed E-state index contributed by atoms with van der Waals surface area (Å²) < 4.78 is 0. The molecule has 0 aromatic heterocycles. The van der Waals surface area contributed by atoms with Crippen LogP contribution in [0.15, 0.2) is 24.3 Å². The summed E-state index contributed by atoms with van der Waals surface area (Å²) >= 11 is 0. The molecule has 0 heterocycles. The van der Waals surface area contributed by atoms with E-state index in [2.05, 4.69) is 44.0 Å². The van der Waals surface area contributed by atoms with Crippen LogP contribution < -0.4 is 0 Å². The van der Waals surface area contributed by atoms with Crippen LogP contribution in [0.25, 0.3) is 0 Å². The Morgan fingerprint density at radius 1 is 0.947 bits per heavy atom. The largest absolute Gasteiger partial charge is 0.119 e. The van der Waals surface area contributed by atoms with Gasteiger partial charge in [-0.2, -0.15) is 0 Å². The molecule has 0 radical (unpaired) electrons. The highest BCUT2D eigenvalue weighted by atomic mass is 14.1. The maximum Gasteiger partial charge on any atom is 0.0449 e. The predicted molar refractivity (Wildman–Crippen MR) is 85.4 cm³/mol. The summed E-state index contributed by atoms with van der Waals surface area (Å²) in [5, 5.41) is 0. The maximum atomic E-state index is 5.65. The first kappa shape index (κ1) is 15.8. The van der Waals surface area contributed by atoms with Crippen LogP contribution >= 0.6 is 0 Å². The highest BCUT2D eigenvalue weighted by molar-refractivity contribution is 5.30. The van der Waals surface area contributed by atoms with Crippen molar-refractivity contribution in [2.45, 2.75) is 71.1 Å². The van der Waals surface area contributed by atoms with Gasteiger partial charge in [0.05, 0.1) is 0 Å². The van der Waals surface area contributed by atoms with E-state index in [4.69, 9.17) is 6.42 Å². The minimum absolute atomic E-state index is 0.300. The number of terminal acetylenes is 1. The molecular weight excluding hydrogens is 228 g/mol. The van der Waals surface area contributed by atoms with Gasteiger partial charge in [0, 0.05) is 5.92 Å². The maximum absolute atomic E-state index is 5.65. The van der Waals surface area contributed by atoms with E-state index in [1.165, 1.54) is 56.1 Å². The summed E-state index contributed by atoms with van der Waals surface area (Å²) in [6, 6.07) is 8.99. The lowest BCUT2D eigenvalue weighted by atomic mass is 9.93. The minimum Gasteiger partial charge on any atom is -0.119 e. The number of aryl methyl sites for hydroxylation is 1. The Kier molecular flexibility index (Phi) is 8.07. The molecule has 0 aliphatic carbocycles. The molecule has 1 atom stereocenters. The molecule has 0 heteroatoms. The molecule has 1 aromatic carbocycles. The zero-order chi connectivity index (χ0) is 13.9. The van der Waals surface area contributed by atoms with Crippen molar-refractivity contribution in [1.82, 2.24) is 0 Å². The third-order valence-corrected chi connectivity index (χ3v) is 3.75. The van der Waals surface area contributed by atoms with Gasteiger partial charge in [-0.15, -0.1) is 6.42 Å². The van der Waals surface area contributed by atoms with E-state index >= 15 is 0 Å². The van der Waals surface area contributed by atoms with Crippen LogP contribution in [0.5, 0.6) is 0 Å². The van der Waals surface area contributed by atoms with Crippen LogP contribution in [0.1, 0.15) is 75.8 Å². The molecule has 0 N–H and O–H groups in total. The molecule has 19 heavy (non-hydrogen) atoms. The van der Waals surface area contributed by atoms with Crippen LogP contribution in [0.3, 0.4) is 0 Å². The smallest absolute Gasteiger partial charge is 0.0449 e. The Balaban J connectivity index is 2.48. The van der Waals surface area contributed by atoms with Crippen LogP contribution in [0, 0.1) is 12.3 Å². The topological polar surface area (TPSA) is 0 Å². The van der Waals surface area contributed by atoms with E-state index in [9.17, 15) is 0 Å². The third-order valence-electron chi connectivity index (χ3n) is 3.75. The molecule has 0 spiro atoms. The minimum atomic E-state index is 0.300. The molecule has 0 saturated carbocycles. The van der Waals surface area contributed by atoms with Crippen molar-refractivity contribution in [2.75, 3.05) is 0 Å². The van der Waals surface area contributed by atoms with Gasteiger partial charge >= 0.3 is 0 Å². The highest BCUT2D eigenvalue weighted by Gasteiger charge is 2.07. The first-order valence-corrected chi connectivity index (χ1v) is 7.86. The van der Waals surface area contributed by atoms with Crippen LogP contribution in [-0.2, 0) is 6.42 Å². The molecule has 1 unspecified atom stereocenters. The first-order chi connectivity index (χ1) is 9.31. The van der Waals surface area contributed by atoms with Crippen molar-refractivity contribution in [3.63, 3.8) is 0 Å².